The van der Waals surface area contributed by atoms with Gasteiger partial charge in [0.15, 0.2) is 0 Å². The van der Waals surface area contributed by atoms with Crippen molar-refractivity contribution in [2.45, 2.75) is 25.8 Å². The molecule has 2 rings (SSSR count). The number of hydrogen-bond acceptors (Lipinski definition) is 4. The summed E-state index contributed by atoms with van der Waals surface area (Å²) in [5.41, 5.74) is 1.48. The lowest BCUT2D eigenvalue weighted by Crippen LogP contribution is -2.29. The van der Waals surface area contributed by atoms with Gasteiger partial charge in [0.1, 0.15) is 0 Å². The van der Waals surface area contributed by atoms with Gasteiger partial charge in [-0.15, -0.1) is 0 Å². The van der Waals surface area contributed by atoms with E-state index in [9.17, 15) is 9.00 Å². The molecular formula is C14H19NO3S. The first kappa shape index (κ1) is 14.1. The fourth-order valence-electron chi connectivity index (χ4n) is 2.12. The van der Waals surface area contributed by atoms with E-state index in [-0.39, 0.29) is 5.97 Å². The van der Waals surface area contributed by atoms with Crippen LogP contribution in [0.5, 0.6) is 0 Å². The van der Waals surface area contributed by atoms with Crippen LogP contribution in [-0.4, -0.2) is 34.3 Å². The minimum atomic E-state index is -0.647. The van der Waals surface area contributed by atoms with Gasteiger partial charge in [-0.3, -0.25) is 4.21 Å². The molecule has 0 aromatic heterocycles. The number of hydrogen-bond donors (Lipinski definition) is 1. The summed E-state index contributed by atoms with van der Waals surface area (Å²) in [7, 11) is -0.647. The van der Waals surface area contributed by atoms with E-state index in [0.717, 1.165) is 30.0 Å². The lowest BCUT2D eigenvalue weighted by Gasteiger charge is -2.23. The van der Waals surface area contributed by atoms with Crippen LogP contribution in [-0.2, 0) is 15.5 Å². The molecule has 1 aliphatic heterocycles. The summed E-state index contributed by atoms with van der Waals surface area (Å²) in [5, 5.41) is 3.40. The van der Waals surface area contributed by atoms with E-state index >= 15 is 0 Å². The number of esters is 1. The van der Waals surface area contributed by atoms with Crippen LogP contribution < -0.4 is 5.32 Å². The third-order valence-electron chi connectivity index (χ3n) is 3.13. The minimum absolute atomic E-state index is 0.295. The Kier molecular flexibility index (Phi) is 4.96. The number of anilines is 1. The first-order chi connectivity index (χ1) is 9.19. The fraction of sp³-hybridized carbons (Fsp3) is 0.500. The van der Waals surface area contributed by atoms with E-state index in [2.05, 4.69) is 5.32 Å². The van der Waals surface area contributed by atoms with Gasteiger partial charge in [-0.25, -0.2) is 4.79 Å². The normalized spacial score (nSPS) is 22.8. The zero-order valence-electron chi connectivity index (χ0n) is 11.1. The van der Waals surface area contributed by atoms with Crippen molar-refractivity contribution in [1.82, 2.24) is 0 Å². The Morgan fingerprint density at radius 2 is 2.16 bits per heavy atom. The Hall–Kier alpha value is -1.36. The maximum absolute atomic E-state index is 11.6. The van der Waals surface area contributed by atoms with Crippen molar-refractivity contribution >= 4 is 22.5 Å². The molecule has 0 atom stereocenters. The maximum Gasteiger partial charge on any atom is 0.338 e. The van der Waals surface area contributed by atoms with E-state index in [0.29, 0.717) is 18.2 Å². The summed E-state index contributed by atoms with van der Waals surface area (Å²) in [4.78, 5) is 11.6. The SMILES string of the molecule is CCOC(=O)c1cccc(NC2CCS(=O)CC2)c1. The van der Waals surface area contributed by atoms with Crippen molar-refractivity contribution in [1.29, 1.82) is 0 Å². The quantitative estimate of drug-likeness (QED) is 0.860. The zero-order valence-corrected chi connectivity index (χ0v) is 11.9. The molecule has 1 aromatic rings. The molecule has 0 radical (unpaired) electrons. The van der Waals surface area contributed by atoms with E-state index in [1.165, 1.54) is 0 Å². The number of carbonyl (C=O) groups excluding carboxylic acids is 1. The third kappa shape index (κ3) is 4.06. The number of ether oxygens (including phenoxy) is 1. The van der Waals surface area contributed by atoms with Crippen molar-refractivity contribution in [3.8, 4) is 0 Å². The van der Waals surface area contributed by atoms with Crippen LogP contribution in [0, 0.1) is 0 Å². The third-order valence-corrected chi connectivity index (χ3v) is 4.51. The maximum atomic E-state index is 11.6. The summed E-state index contributed by atoms with van der Waals surface area (Å²) in [6, 6.07) is 7.68. The molecule has 1 saturated heterocycles. The van der Waals surface area contributed by atoms with Crippen molar-refractivity contribution in [2.75, 3.05) is 23.4 Å². The van der Waals surface area contributed by atoms with Gasteiger partial charge in [-0.2, -0.15) is 0 Å². The van der Waals surface area contributed by atoms with Gasteiger partial charge in [-0.05, 0) is 38.0 Å². The van der Waals surface area contributed by atoms with Crippen LogP contribution in [0.4, 0.5) is 5.69 Å². The second-order valence-corrected chi connectivity index (χ2v) is 6.26. The number of nitrogens with one attached hydrogen (secondary N) is 1. The first-order valence-corrected chi connectivity index (χ1v) is 8.06. The summed E-state index contributed by atoms with van der Waals surface area (Å²) in [5.74, 6) is 1.22. The fourth-order valence-corrected chi connectivity index (χ4v) is 3.42. The highest BCUT2D eigenvalue weighted by atomic mass is 32.2. The van der Waals surface area contributed by atoms with Crippen molar-refractivity contribution < 1.29 is 13.7 Å². The molecular weight excluding hydrogens is 262 g/mol. The molecule has 1 fully saturated rings. The standard InChI is InChI=1S/C14H19NO3S/c1-2-18-14(16)11-4-3-5-13(10-11)15-12-6-8-19(17)9-7-12/h3-5,10,12,15H,2,6-9H2,1H3. The average Bonchev–Trinajstić information content (AvgIpc) is 2.42. The zero-order chi connectivity index (χ0) is 13.7. The Morgan fingerprint density at radius 3 is 2.84 bits per heavy atom. The monoisotopic (exact) mass is 281 g/mol. The highest BCUT2D eigenvalue weighted by Crippen LogP contribution is 2.18. The Balaban J connectivity index is 1.99. The van der Waals surface area contributed by atoms with Crippen LogP contribution in [0.25, 0.3) is 0 Å². The molecule has 1 aromatic carbocycles. The predicted octanol–water partition coefficient (Wildman–Crippen LogP) is 2.19. The minimum Gasteiger partial charge on any atom is -0.462 e. The number of carbonyl (C=O) groups is 1. The molecule has 1 N–H and O–H groups in total. The van der Waals surface area contributed by atoms with Crippen LogP contribution in [0.1, 0.15) is 30.1 Å². The predicted molar refractivity (Wildman–Crippen MR) is 76.9 cm³/mol. The van der Waals surface area contributed by atoms with Gasteiger partial charge < -0.3 is 10.1 Å². The molecule has 104 valence electrons. The molecule has 0 unspecified atom stereocenters. The molecule has 1 aliphatic rings. The summed E-state index contributed by atoms with van der Waals surface area (Å²) in [6.07, 6.45) is 1.83. The Morgan fingerprint density at radius 1 is 1.42 bits per heavy atom. The van der Waals surface area contributed by atoms with Gasteiger partial charge in [0, 0.05) is 34.0 Å². The number of benzene rings is 1. The van der Waals surface area contributed by atoms with E-state index in [1.807, 2.05) is 18.2 Å². The molecule has 0 spiro atoms. The molecule has 0 saturated carbocycles. The molecule has 0 amide bonds. The van der Waals surface area contributed by atoms with Gasteiger partial charge in [0.05, 0.1) is 12.2 Å². The molecule has 1 heterocycles. The number of rotatable bonds is 4. The molecule has 4 nitrogen and oxygen atoms in total. The van der Waals surface area contributed by atoms with E-state index in [1.54, 1.807) is 13.0 Å². The van der Waals surface area contributed by atoms with Crippen LogP contribution in [0.15, 0.2) is 24.3 Å². The van der Waals surface area contributed by atoms with Crippen LogP contribution in [0.3, 0.4) is 0 Å². The average molecular weight is 281 g/mol. The van der Waals surface area contributed by atoms with E-state index < -0.39 is 10.8 Å². The molecule has 19 heavy (non-hydrogen) atoms. The largest absolute Gasteiger partial charge is 0.462 e. The van der Waals surface area contributed by atoms with Gasteiger partial charge in [0.25, 0.3) is 0 Å². The molecule has 5 heteroatoms. The van der Waals surface area contributed by atoms with Crippen molar-refractivity contribution in [3.05, 3.63) is 29.8 Å². The molecule has 0 bridgehead atoms. The van der Waals surface area contributed by atoms with Crippen LogP contribution >= 0.6 is 0 Å². The Labute approximate surface area is 116 Å². The summed E-state index contributed by atoms with van der Waals surface area (Å²) < 4.78 is 16.3. The van der Waals surface area contributed by atoms with Gasteiger partial charge in [-0.1, -0.05) is 6.07 Å². The van der Waals surface area contributed by atoms with Crippen molar-refractivity contribution in [3.63, 3.8) is 0 Å². The topological polar surface area (TPSA) is 55.4 Å². The highest BCUT2D eigenvalue weighted by Gasteiger charge is 2.17. The second kappa shape index (κ2) is 6.70. The Bertz CT molecular complexity index is 466. The molecule has 0 aliphatic carbocycles. The van der Waals surface area contributed by atoms with Gasteiger partial charge in [0.2, 0.25) is 0 Å². The van der Waals surface area contributed by atoms with E-state index in [4.69, 9.17) is 4.74 Å². The van der Waals surface area contributed by atoms with Crippen molar-refractivity contribution in [2.24, 2.45) is 0 Å². The smallest absolute Gasteiger partial charge is 0.338 e. The lowest BCUT2D eigenvalue weighted by atomic mass is 10.1. The lowest BCUT2D eigenvalue weighted by molar-refractivity contribution is 0.0526. The summed E-state index contributed by atoms with van der Waals surface area (Å²) >= 11 is 0. The van der Waals surface area contributed by atoms with Gasteiger partial charge >= 0.3 is 5.97 Å². The first-order valence-electron chi connectivity index (χ1n) is 6.57. The summed E-state index contributed by atoms with van der Waals surface area (Å²) in [6.45, 7) is 2.17. The highest BCUT2D eigenvalue weighted by molar-refractivity contribution is 7.85. The van der Waals surface area contributed by atoms with Crippen LogP contribution in [0.2, 0.25) is 0 Å². The second-order valence-electron chi connectivity index (χ2n) is 4.57.